The molecule has 2 rings (SSSR count). The summed E-state index contributed by atoms with van der Waals surface area (Å²) in [7, 11) is 1.78. The summed E-state index contributed by atoms with van der Waals surface area (Å²) in [6, 6.07) is 0. The van der Waals surface area contributed by atoms with E-state index in [0.717, 1.165) is 18.3 Å². The van der Waals surface area contributed by atoms with E-state index in [0.29, 0.717) is 6.10 Å². The minimum Gasteiger partial charge on any atom is -0.382 e. The van der Waals surface area contributed by atoms with Crippen LogP contribution in [0.1, 0.15) is 39.0 Å². The van der Waals surface area contributed by atoms with Gasteiger partial charge in [0, 0.05) is 12.6 Å². The molecule has 13 heavy (non-hydrogen) atoms. The van der Waals surface area contributed by atoms with Crippen LogP contribution in [0.4, 0.5) is 0 Å². The van der Waals surface area contributed by atoms with Crippen molar-refractivity contribution in [2.75, 3.05) is 7.11 Å². The lowest BCUT2D eigenvalue weighted by Crippen LogP contribution is -2.31. The van der Waals surface area contributed by atoms with E-state index in [9.17, 15) is 0 Å². The summed E-state index contributed by atoms with van der Waals surface area (Å²) in [4.78, 5) is 0. The Morgan fingerprint density at radius 3 is 2.38 bits per heavy atom. The number of methoxy groups -OCH3 is 1. The fourth-order valence-electron chi connectivity index (χ4n) is 3.18. The molecule has 0 saturated heterocycles. The van der Waals surface area contributed by atoms with E-state index in [1.165, 1.54) is 25.7 Å². The summed E-state index contributed by atoms with van der Waals surface area (Å²) in [6.07, 6.45) is 6.88. The third-order valence-electron chi connectivity index (χ3n) is 4.08. The van der Waals surface area contributed by atoms with Crippen molar-refractivity contribution in [1.29, 1.82) is 0 Å². The molecule has 76 valence electrons. The first-order valence-corrected chi connectivity index (χ1v) is 5.50. The van der Waals surface area contributed by atoms with Gasteiger partial charge in [0.15, 0.2) is 0 Å². The highest BCUT2D eigenvalue weighted by Gasteiger charge is 2.61. The standard InChI is InChI=1S/C11H21NO/c1-8(13-2)7-11(12)9-5-3-4-6-10(9)11/h8-10H,3-7,12H2,1-2H3. The first kappa shape index (κ1) is 9.47. The van der Waals surface area contributed by atoms with Crippen LogP contribution in [0, 0.1) is 11.8 Å². The molecule has 0 bridgehead atoms. The Bertz CT molecular complexity index is 181. The van der Waals surface area contributed by atoms with Gasteiger partial charge < -0.3 is 10.5 Å². The summed E-state index contributed by atoms with van der Waals surface area (Å²) >= 11 is 0. The lowest BCUT2D eigenvalue weighted by molar-refractivity contribution is 0.0987. The molecule has 0 aromatic heterocycles. The second kappa shape index (κ2) is 3.25. The van der Waals surface area contributed by atoms with E-state index in [2.05, 4.69) is 6.92 Å². The molecule has 2 saturated carbocycles. The largest absolute Gasteiger partial charge is 0.382 e. The molecule has 2 N–H and O–H groups in total. The molecule has 0 heterocycles. The molecule has 2 nitrogen and oxygen atoms in total. The SMILES string of the molecule is COC(C)CC1(N)C2CCCCC21. The van der Waals surface area contributed by atoms with Gasteiger partial charge in [0.1, 0.15) is 0 Å². The number of nitrogens with two attached hydrogens (primary N) is 1. The normalized spacial score (nSPS) is 45.5. The molecule has 0 aromatic rings. The molecule has 2 heteroatoms. The number of hydrogen-bond acceptors (Lipinski definition) is 2. The molecule has 0 spiro atoms. The van der Waals surface area contributed by atoms with Gasteiger partial charge in [0.05, 0.1) is 6.10 Å². The van der Waals surface area contributed by atoms with Crippen molar-refractivity contribution >= 4 is 0 Å². The van der Waals surface area contributed by atoms with Crippen molar-refractivity contribution in [3.05, 3.63) is 0 Å². The smallest absolute Gasteiger partial charge is 0.0560 e. The van der Waals surface area contributed by atoms with Crippen LogP contribution in [0.5, 0.6) is 0 Å². The van der Waals surface area contributed by atoms with Gasteiger partial charge in [-0.25, -0.2) is 0 Å². The van der Waals surface area contributed by atoms with Crippen molar-refractivity contribution < 1.29 is 4.74 Å². The summed E-state index contributed by atoms with van der Waals surface area (Å²) in [5, 5.41) is 0. The first-order chi connectivity index (χ1) is 6.18. The van der Waals surface area contributed by atoms with Crippen LogP contribution in [0.2, 0.25) is 0 Å². The van der Waals surface area contributed by atoms with Gasteiger partial charge in [-0.15, -0.1) is 0 Å². The fourth-order valence-corrected chi connectivity index (χ4v) is 3.18. The summed E-state index contributed by atoms with van der Waals surface area (Å²) < 4.78 is 5.29. The molecule has 0 radical (unpaired) electrons. The molecule has 2 aliphatic carbocycles. The third-order valence-corrected chi connectivity index (χ3v) is 4.08. The van der Waals surface area contributed by atoms with E-state index in [-0.39, 0.29) is 5.54 Å². The zero-order valence-corrected chi connectivity index (χ0v) is 8.75. The lowest BCUT2D eigenvalue weighted by Gasteiger charge is -2.16. The quantitative estimate of drug-likeness (QED) is 0.725. The van der Waals surface area contributed by atoms with Crippen LogP contribution in [-0.4, -0.2) is 18.8 Å². The topological polar surface area (TPSA) is 35.2 Å². The number of hydrogen-bond donors (Lipinski definition) is 1. The van der Waals surface area contributed by atoms with Crippen LogP contribution in [0.3, 0.4) is 0 Å². The molecule has 0 amide bonds. The first-order valence-electron chi connectivity index (χ1n) is 5.50. The molecule has 0 aliphatic heterocycles. The van der Waals surface area contributed by atoms with Gasteiger partial charge in [0.2, 0.25) is 0 Å². The van der Waals surface area contributed by atoms with Crippen molar-refractivity contribution in [2.24, 2.45) is 17.6 Å². The van der Waals surface area contributed by atoms with Gasteiger partial charge in [-0.1, -0.05) is 12.8 Å². The van der Waals surface area contributed by atoms with Crippen LogP contribution in [-0.2, 0) is 4.74 Å². The van der Waals surface area contributed by atoms with E-state index in [1.807, 2.05) is 0 Å². The van der Waals surface area contributed by atoms with E-state index < -0.39 is 0 Å². The van der Waals surface area contributed by atoms with Crippen LogP contribution in [0.25, 0.3) is 0 Å². The Kier molecular flexibility index (Phi) is 2.37. The monoisotopic (exact) mass is 183 g/mol. The lowest BCUT2D eigenvalue weighted by atomic mass is 10.0. The zero-order valence-electron chi connectivity index (χ0n) is 8.75. The van der Waals surface area contributed by atoms with Crippen molar-refractivity contribution in [3.63, 3.8) is 0 Å². The molecule has 2 fully saturated rings. The molecule has 2 aliphatic rings. The van der Waals surface area contributed by atoms with Gasteiger partial charge >= 0.3 is 0 Å². The van der Waals surface area contributed by atoms with Crippen LogP contribution in [0.15, 0.2) is 0 Å². The van der Waals surface area contributed by atoms with Crippen LogP contribution >= 0.6 is 0 Å². The Balaban J connectivity index is 1.91. The number of fused-ring (bicyclic) bond motifs is 1. The van der Waals surface area contributed by atoms with Gasteiger partial charge in [-0.3, -0.25) is 0 Å². The summed E-state index contributed by atoms with van der Waals surface area (Å²) in [6.45, 7) is 2.12. The third kappa shape index (κ3) is 1.50. The highest BCUT2D eigenvalue weighted by molar-refractivity contribution is 5.17. The molecule has 3 atom stereocenters. The maximum Gasteiger partial charge on any atom is 0.0560 e. The van der Waals surface area contributed by atoms with E-state index >= 15 is 0 Å². The maximum atomic E-state index is 6.39. The van der Waals surface area contributed by atoms with E-state index in [4.69, 9.17) is 10.5 Å². The van der Waals surface area contributed by atoms with Crippen molar-refractivity contribution in [3.8, 4) is 0 Å². The minimum atomic E-state index is 0.145. The molecular formula is C11H21NO. The van der Waals surface area contributed by atoms with Gasteiger partial charge in [0.25, 0.3) is 0 Å². The maximum absolute atomic E-state index is 6.39. The Labute approximate surface area is 80.8 Å². The number of rotatable bonds is 3. The highest BCUT2D eigenvalue weighted by atomic mass is 16.5. The highest BCUT2D eigenvalue weighted by Crippen LogP contribution is 2.59. The predicted octanol–water partition coefficient (Wildman–Crippen LogP) is 1.93. The summed E-state index contributed by atoms with van der Waals surface area (Å²) in [5.41, 5.74) is 6.54. The minimum absolute atomic E-state index is 0.145. The van der Waals surface area contributed by atoms with Crippen molar-refractivity contribution in [1.82, 2.24) is 0 Å². The van der Waals surface area contributed by atoms with Gasteiger partial charge in [-0.2, -0.15) is 0 Å². The average molecular weight is 183 g/mol. The molecule has 3 unspecified atom stereocenters. The molecular weight excluding hydrogens is 162 g/mol. The molecule has 0 aromatic carbocycles. The Morgan fingerprint density at radius 2 is 1.92 bits per heavy atom. The predicted molar refractivity (Wildman–Crippen MR) is 53.5 cm³/mol. The Hall–Kier alpha value is -0.0800. The van der Waals surface area contributed by atoms with Crippen LogP contribution < -0.4 is 5.73 Å². The second-order valence-corrected chi connectivity index (χ2v) is 4.86. The van der Waals surface area contributed by atoms with E-state index in [1.54, 1.807) is 7.11 Å². The number of ether oxygens (including phenoxy) is 1. The Morgan fingerprint density at radius 1 is 1.38 bits per heavy atom. The summed E-state index contributed by atoms with van der Waals surface area (Å²) in [5.74, 6) is 1.64. The average Bonchev–Trinajstić information content (AvgIpc) is 2.73. The van der Waals surface area contributed by atoms with Gasteiger partial charge in [-0.05, 0) is 38.0 Å². The van der Waals surface area contributed by atoms with Crippen molar-refractivity contribution in [2.45, 2.75) is 50.7 Å². The zero-order chi connectivity index (χ0) is 9.47. The second-order valence-electron chi connectivity index (χ2n) is 4.86. The fraction of sp³-hybridized carbons (Fsp3) is 1.00.